The maximum Gasteiger partial charge on any atom is 0.0634 e. The molecule has 2 aliphatic rings. The molecule has 1 N–H and O–H groups in total. The molecule has 2 heterocycles. The van der Waals surface area contributed by atoms with Crippen LogP contribution in [-0.2, 0) is 4.74 Å². The summed E-state index contributed by atoms with van der Waals surface area (Å²) in [6.07, 6.45) is 9.03. The Labute approximate surface area is 143 Å². The lowest BCUT2D eigenvalue weighted by atomic mass is 10.1. The van der Waals surface area contributed by atoms with Gasteiger partial charge in [-0.1, -0.05) is 13.8 Å². The van der Waals surface area contributed by atoms with Crippen LogP contribution < -0.4 is 5.32 Å². The molecule has 1 atom stereocenters. The number of likely N-dealkylation sites (tertiary alicyclic amines) is 2. The molecule has 0 radical (unpaired) electrons. The van der Waals surface area contributed by atoms with Gasteiger partial charge in [-0.05, 0) is 84.1 Å². The highest BCUT2D eigenvalue weighted by atomic mass is 16.5. The lowest BCUT2D eigenvalue weighted by molar-refractivity contribution is 0.0512. The quantitative estimate of drug-likeness (QED) is 0.591. The molecule has 0 aromatic heterocycles. The van der Waals surface area contributed by atoms with Crippen molar-refractivity contribution in [3.8, 4) is 0 Å². The van der Waals surface area contributed by atoms with E-state index in [1.165, 1.54) is 58.3 Å². The SMILES string of the molecule is CC(C)CC(C)OCCNCCC(N1CCCC1)N1CCCC1. The van der Waals surface area contributed by atoms with Gasteiger partial charge in [-0.2, -0.15) is 0 Å². The van der Waals surface area contributed by atoms with Crippen LogP contribution in [0.3, 0.4) is 0 Å². The minimum Gasteiger partial charge on any atom is -0.377 e. The van der Waals surface area contributed by atoms with E-state index in [0.717, 1.165) is 32.0 Å². The number of ether oxygens (including phenoxy) is 1. The van der Waals surface area contributed by atoms with Crippen LogP contribution in [0.4, 0.5) is 0 Å². The van der Waals surface area contributed by atoms with Gasteiger partial charge >= 0.3 is 0 Å². The van der Waals surface area contributed by atoms with Crippen molar-refractivity contribution in [2.75, 3.05) is 45.9 Å². The Kier molecular flexibility index (Phi) is 8.88. The van der Waals surface area contributed by atoms with E-state index in [1.807, 2.05) is 0 Å². The summed E-state index contributed by atoms with van der Waals surface area (Å²) in [6.45, 7) is 14.9. The molecule has 2 saturated heterocycles. The Bertz CT molecular complexity index is 283. The zero-order valence-corrected chi connectivity index (χ0v) is 15.7. The van der Waals surface area contributed by atoms with Crippen molar-refractivity contribution in [1.29, 1.82) is 0 Å². The van der Waals surface area contributed by atoms with E-state index in [1.54, 1.807) is 0 Å². The maximum atomic E-state index is 5.88. The molecule has 4 heteroatoms. The molecule has 0 bridgehead atoms. The minimum atomic E-state index is 0.388. The highest BCUT2D eigenvalue weighted by molar-refractivity contribution is 4.81. The van der Waals surface area contributed by atoms with E-state index in [-0.39, 0.29) is 0 Å². The first-order valence-corrected chi connectivity index (χ1v) is 9.97. The van der Waals surface area contributed by atoms with Gasteiger partial charge in [-0.3, -0.25) is 9.80 Å². The van der Waals surface area contributed by atoms with Gasteiger partial charge in [0.15, 0.2) is 0 Å². The summed E-state index contributed by atoms with van der Waals surface area (Å²) in [5, 5.41) is 3.59. The highest BCUT2D eigenvalue weighted by Gasteiger charge is 2.28. The Morgan fingerprint density at radius 1 is 0.870 bits per heavy atom. The second kappa shape index (κ2) is 10.7. The van der Waals surface area contributed by atoms with Crippen LogP contribution in [0.1, 0.15) is 59.3 Å². The lowest BCUT2D eigenvalue weighted by Gasteiger charge is -2.35. The van der Waals surface area contributed by atoms with Gasteiger partial charge in [0.25, 0.3) is 0 Å². The Hall–Kier alpha value is -0.160. The van der Waals surface area contributed by atoms with E-state index in [0.29, 0.717) is 12.3 Å². The molecule has 0 aliphatic carbocycles. The van der Waals surface area contributed by atoms with Gasteiger partial charge in [-0.15, -0.1) is 0 Å². The monoisotopic (exact) mass is 325 g/mol. The molecule has 0 spiro atoms. The van der Waals surface area contributed by atoms with Crippen LogP contribution in [0.5, 0.6) is 0 Å². The van der Waals surface area contributed by atoms with Crippen molar-refractivity contribution < 1.29 is 4.74 Å². The fraction of sp³-hybridized carbons (Fsp3) is 1.00. The smallest absolute Gasteiger partial charge is 0.0634 e. The summed E-state index contributed by atoms with van der Waals surface area (Å²) < 4.78 is 5.88. The summed E-state index contributed by atoms with van der Waals surface area (Å²) in [5.41, 5.74) is 0. The van der Waals surface area contributed by atoms with E-state index in [2.05, 4.69) is 35.9 Å². The largest absolute Gasteiger partial charge is 0.377 e. The van der Waals surface area contributed by atoms with Crippen LogP contribution in [0.15, 0.2) is 0 Å². The number of nitrogens with zero attached hydrogens (tertiary/aromatic N) is 2. The standard InChI is InChI=1S/C19H39N3O/c1-17(2)16-18(3)23-15-10-20-9-8-19(21-11-4-5-12-21)22-13-6-7-14-22/h17-20H,4-16H2,1-3H3. The molecule has 2 aliphatic heterocycles. The van der Waals surface area contributed by atoms with Crippen LogP contribution in [-0.4, -0.2) is 67.9 Å². The Balaban J connectivity index is 1.58. The van der Waals surface area contributed by atoms with E-state index >= 15 is 0 Å². The minimum absolute atomic E-state index is 0.388. The third kappa shape index (κ3) is 7.08. The molecule has 4 nitrogen and oxygen atoms in total. The van der Waals surface area contributed by atoms with E-state index in [4.69, 9.17) is 4.74 Å². The summed E-state index contributed by atoms with van der Waals surface area (Å²) >= 11 is 0. The average Bonchev–Trinajstić information content (AvgIpc) is 3.19. The van der Waals surface area contributed by atoms with Gasteiger partial charge in [-0.25, -0.2) is 0 Å². The van der Waals surface area contributed by atoms with Gasteiger partial charge in [0.2, 0.25) is 0 Å². The van der Waals surface area contributed by atoms with E-state index in [9.17, 15) is 0 Å². The molecule has 0 amide bonds. The summed E-state index contributed by atoms with van der Waals surface area (Å²) in [4.78, 5) is 5.43. The third-order valence-electron chi connectivity index (χ3n) is 5.19. The van der Waals surface area contributed by atoms with Crippen LogP contribution in [0, 0.1) is 5.92 Å². The molecule has 2 rings (SSSR count). The third-order valence-corrected chi connectivity index (χ3v) is 5.19. The van der Waals surface area contributed by atoms with Crippen molar-refractivity contribution in [2.24, 2.45) is 5.92 Å². The van der Waals surface area contributed by atoms with Gasteiger partial charge in [0.1, 0.15) is 0 Å². The fourth-order valence-corrected chi connectivity index (χ4v) is 4.10. The topological polar surface area (TPSA) is 27.7 Å². The average molecular weight is 326 g/mol. The molecule has 2 fully saturated rings. The summed E-state index contributed by atoms with van der Waals surface area (Å²) in [5.74, 6) is 0.722. The molecule has 136 valence electrons. The molecule has 0 aromatic carbocycles. The molecular formula is C19H39N3O. The van der Waals surface area contributed by atoms with Gasteiger partial charge in [0.05, 0.1) is 18.9 Å². The first-order valence-electron chi connectivity index (χ1n) is 9.97. The number of hydrogen-bond acceptors (Lipinski definition) is 4. The predicted molar refractivity (Wildman–Crippen MR) is 97.8 cm³/mol. The molecule has 1 unspecified atom stereocenters. The molecule has 23 heavy (non-hydrogen) atoms. The van der Waals surface area contributed by atoms with Crippen molar-refractivity contribution in [2.45, 2.75) is 71.6 Å². The normalized spacial score (nSPS) is 21.8. The van der Waals surface area contributed by atoms with Gasteiger partial charge in [0, 0.05) is 6.54 Å². The Morgan fingerprint density at radius 2 is 1.43 bits per heavy atom. The van der Waals surface area contributed by atoms with Crippen molar-refractivity contribution in [3.63, 3.8) is 0 Å². The lowest BCUT2D eigenvalue weighted by Crippen LogP contribution is -2.47. The second-order valence-corrected chi connectivity index (χ2v) is 7.82. The highest BCUT2D eigenvalue weighted by Crippen LogP contribution is 2.21. The summed E-state index contributed by atoms with van der Waals surface area (Å²) in [7, 11) is 0. The summed E-state index contributed by atoms with van der Waals surface area (Å²) in [6, 6.07) is 0. The zero-order chi connectivity index (χ0) is 16.5. The van der Waals surface area contributed by atoms with Crippen LogP contribution >= 0.6 is 0 Å². The molecule has 0 aromatic rings. The first-order chi connectivity index (χ1) is 11.2. The van der Waals surface area contributed by atoms with Crippen molar-refractivity contribution in [3.05, 3.63) is 0 Å². The number of hydrogen-bond donors (Lipinski definition) is 1. The van der Waals surface area contributed by atoms with Crippen molar-refractivity contribution >= 4 is 0 Å². The van der Waals surface area contributed by atoms with Gasteiger partial charge < -0.3 is 10.1 Å². The number of rotatable bonds is 11. The molecule has 0 saturated carbocycles. The zero-order valence-electron chi connectivity index (χ0n) is 15.7. The van der Waals surface area contributed by atoms with Crippen LogP contribution in [0.2, 0.25) is 0 Å². The van der Waals surface area contributed by atoms with E-state index < -0.39 is 0 Å². The number of nitrogens with one attached hydrogen (secondary N) is 1. The predicted octanol–water partition coefficient (Wildman–Crippen LogP) is 2.94. The maximum absolute atomic E-state index is 5.88. The van der Waals surface area contributed by atoms with Crippen molar-refractivity contribution in [1.82, 2.24) is 15.1 Å². The fourth-order valence-electron chi connectivity index (χ4n) is 4.10. The Morgan fingerprint density at radius 3 is 1.96 bits per heavy atom. The van der Waals surface area contributed by atoms with Crippen LogP contribution in [0.25, 0.3) is 0 Å². The second-order valence-electron chi connectivity index (χ2n) is 7.82. The first kappa shape index (κ1) is 19.2. The molecular weight excluding hydrogens is 286 g/mol.